The van der Waals surface area contributed by atoms with Crippen LogP contribution in [0.5, 0.6) is 0 Å². The van der Waals surface area contributed by atoms with Gasteiger partial charge in [0, 0.05) is 41.5 Å². The third-order valence-electron chi connectivity index (χ3n) is 3.88. The maximum Gasteiger partial charge on any atom is 0.0252 e. The molecule has 2 nitrogen and oxygen atoms in total. The average molecular weight is 266 g/mol. The number of hydrogen-bond acceptors (Lipinski definition) is 3. The van der Waals surface area contributed by atoms with Crippen LogP contribution in [-0.2, 0) is 5.41 Å². The Morgan fingerprint density at radius 3 is 2.83 bits per heavy atom. The maximum atomic E-state index is 3.62. The molecule has 3 heteroatoms. The van der Waals surface area contributed by atoms with Crippen molar-refractivity contribution in [2.45, 2.75) is 51.6 Å². The van der Waals surface area contributed by atoms with Gasteiger partial charge < -0.3 is 5.32 Å². The minimum Gasteiger partial charge on any atom is -0.309 e. The molecule has 0 amide bonds. The van der Waals surface area contributed by atoms with Crippen molar-refractivity contribution in [1.29, 1.82) is 0 Å². The third kappa shape index (κ3) is 3.14. The molecule has 0 aromatic carbocycles. The summed E-state index contributed by atoms with van der Waals surface area (Å²) >= 11 is 1.88. The lowest BCUT2D eigenvalue weighted by Crippen LogP contribution is -2.62. The second-order valence-electron chi connectivity index (χ2n) is 6.88. The first-order valence-electron chi connectivity index (χ1n) is 6.83. The normalized spacial score (nSPS) is 25.3. The summed E-state index contributed by atoms with van der Waals surface area (Å²) in [4.78, 5) is 4.13. The van der Waals surface area contributed by atoms with Crippen LogP contribution in [0.25, 0.3) is 0 Å². The highest BCUT2D eigenvalue weighted by Gasteiger charge is 2.34. The first-order valence-corrected chi connectivity index (χ1v) is 7.71. The molecule has 1 fully saturated rings. The van der Waals surface area contributed by atoms with E-state index in [1.165, 1.54) is 4.88 Å². The van der Waals surface area contributed by atoms with Crippen LogP contribution in [0.15, 0.2) is 17.5 Å². The van der Waals surface area contributed by atoms with Crippen molar-refractivity contribution >= 4 is 11.3 Å². The van der Waals surface area contributed by atoms with Gasteiger partial charge in [-0.25, -0.2) is 0 Å². The Morgan fingerprint density at radius 1 is 1.50 bits per heavy atom. The summed E-state index contributed by atoms with van der Waals surface area (Å²) in [6.07, 6.45) is 0. The van der Waals surface area contributed by atoms with Gasteiger partial charge in [0.15, 0.2) is 0 Å². The molecule has 1 aromatic heterocycles. The van der Waals surface area contributed by atoms with Gasteiger partial charge in [0.25, 0.3) is 0 Å². The first kappa shape index (κ1) is 14.0. The van der Waals surface area contributed by atoms with Gasteiger partial charge >= 0.3 is 0 Å². The molecule has 1 aliphatic rings. The molecule has 2 rings (SSSR count). The van der Waals surface area contributed by atoms with Crippen LogP contribution < -0.4 is 5.32 Å². The molecular formula is C15H26N2S. The molecule has 0 spiro atoms. The third-order valence-corrected chi connectivity index (χ3v) is 5.12. The highest BCUT2D eigenvalue weighted by Crippen LogP contribution is 2.30. The number of nitrogens with one attached hydrogen (secondary N) is 1. The molecule has 1 aromatic rings. The largest absolute Gasteiger partial charge is 0.309 e. The lowest BCUT2D eigenvalue weighted by molar-refractivity contribution is 0.0859. The molecule has 102 valence electrons. The number of thiophene rings is 1. The molecule has 0 bridgehead atoms. The van der Waals surface area contributed by atoms with Crippen molar-refractivity contribution in [3.63, 3.8) is 0 Å². The van der Waals surface area contributed by atoms with Gasteiger partial charge in [-0.3, -0.25) is 4.90 Å². The quantitative estimate of drug-likeness (QED) is 0.904. The minimum absolute atomic E-state index is 0.234. The predicted octanol–water partition coefficient (Wildman–Crippen LogP) is 3.10. The van der Waals surface area contributed by atoms with Crippen molar-refractivity contribution in [3.8, 4) is 0 Å². The Kier molecular flexibility index (Phi) is 3.86. The zero-order valence-corrected chi connectivity index (χ0v) is 13.1. The Hall–Kier alpha value is -0.380. The number of piperazine rings is 1. The summed E-state index contributed by atoms with van der Waals surface area (Å²) in [6, 6.07) is 5.05. The Morgan fingerprint density at radius 2 is 2.22 bits per heavy atom. The van der Waals surface area contributed by atoms with Gasteiger partial charge in [-0.05, 0) is 32.2 Å². The summed E-state index contributed by atoms with van der Waals surface area (Å²) in [5.41, 5.74) is 0.480. The summed E-state index contributed by atoms with van der Waals surface area (Å²) < 4.78 is 0. The molecule has 0 aliphatic carbocycles. The first-order chi connectivity index (χ1) is 8.30. The molecule has 1 N–H and O–H groups in total. The van der Waals surface area contributed by atoms with Gasteiger partial charge in [-0.1, -0.05) is 19.9 Å². The molecular weight excluding hydrogens is 240 g/mol. The van der Waals surface area contributed by atoms with E-state index >= 15 is 0 Å². The van der Waals surface area contributed by atoms with E-state index < -0.39 is 0 Å². The molecule has 1 unspecified atom stereocenters. The molecule has 0 saturated carbocycles. The molecule has 1 aliphatic heterocycles. The lowest BCUT2D eigenvalue weighted by atomic mass is 9.88. The van der Waals surface area contributed by atoms with Crippen LogP contribution in [-0.4, -0.2) is 36.1 Å². The zero-order chi connectivity index (χ0) is 13.4. The monoisotopic (exact) mass is 266 g/mol. The SMILES string of the molecule is CC1CNC(C)(C)CN1CC(C)(C)c1cccs1. The standard InChI is InChI=1S/C15H26N2S/c1-12-9-16-15(4,5)11-17(12)10-14(2,3)13-7-6-8-18-13/h6-8,12,16H,9-11H2,1-5H3. The molecule has 1 atom stereocenters. The van der Waals surface area contributed by atoms with Gasteiger partial charge in [0.05, 0.1) is 0 Å². The van der Waals surface area contributed by atoms with Crippen LogP contribution in [0, 0.1) is 0 Å². The highest BCUT2D eigenvalue weighted by atomic mass is 32.1. The van der Waals surface area contributed by atoms with Gasteiger partial charge in [0.1, 0.15) is 0 Å². The van der Waals surface area contributed by atoms with Gasteiger partial charge in [-0.15, -0.1) is 11.3 Å². The summed E-state index contributed by atoms with van der Waals surface area (Å²) in [5.74, 6) is 0. The van der Waals surface area contributed by atoms with Crippen LogP contribution in [0.4, 0.5) is 0 Å². The number of hydrogen-bond donors (Lipinski definition) is 1. The molecule has 18 heavy (non-hydrogen) atoms. The van der Waals surface area contributed by atoms with Crippen molar-refractivity contribution in [3.05, 3.63) is 22.4 Å². The van der Waals surface area contributed by atoms with Crippen LogP contribution in [0.1, 0.15) is 39.5 Å². The lowest BCUT2D eigenvalue weighted by Gasteiger charge is -2.46. The van der Waals surface area contributed by atoms with E-state index in [0.717, 1.165) is 19.6 Å². The summed E-state index contributed by atoms with van der Waals surface area (Å²) in [5, 5.41) is 5.80. The average Bonchev–Trinajstić information content (AvgIpc) is 2.76. The number of nitrogens with zero attached hydrogens (tertiary/aromatic N) is 1. The van der Waals surface area contributed by atoms with Crippen molar-refractivity contribution < 1.29 is 0 Å². The van der Waals surface area contributed by atoms with Crippen LogP contribution >= 0.6 is 11.3 Å². The van der Waals surface area contributed by atoms with E-state index in [1.54, 1.807) is 0 Å². The fourth-order valence-electron chi connectivity index (χ4n) is 2.73. The fraction of sp³-hybridized carbons (Fsp3) is 0.733. The number of rotatable bonds is 3. The van der Waals surface area contributed by atoms with Crippen molar-refractivity contribution in [2.75, 3.05) is 19.6 Å². The van der Waals surface area contributed by atoms with Crippen molar-refractivity contribution in [2.24, 2.45) is 0 Å². The van der Waals surface area contributed by atoms with E-state index in [2.05, 4.69) is 62.3 Å². The van der Waals surface area contributed by atoms with Crippen LogP contribution in [0.2, 0.25) is 0 Å². The van der Waals surface area contributed by atoms with Gasteiger partial charge in [-0.2, -0.15) is 0 Å². The highest BCUT2D eigenvalue weighted by molar-refractivity contribution is 7.10. The summed E-state index contributed by atoms with van der Waals surface area (Å²) in [6.45, 7) is 15.0. The smallest absolute Gasteiger partial charge is 0.0252 e. The molecule has 0 radical (unpaired) electrons. The Labute approximate surface area is 115 Å². The summed E-state index contributed by atoms with van der Waals surface area (Å²) in [7, 11) is 0. The van der Waals surface area contributed by atoms with Gasteiger partial charge in [0.2, 0.25) is 0 Å². The van der Waals surface area contributed by atoms with E-state index in [1.807, 2.05) is 11.3 Å². The topological polar surface area (TPSA) is 15.3 Å². The molecule has 1 saturated heterocycles. The second-order valence-corrected chi connectivity index (χ2v) is 7.83. The molecule has 2 heterocycles. The maximum absolute atomic E-state index is 3.62. The zero-order valence-electron chi connectivity index (χ0n) is 12.3. The van der Waals surface area contributed by atoms with E-state index in [-0.39, 0.29) is 11.0 Å². The fourth-order valence-corrected chi connectivity index (χ4v) is 3.58. The Bertz CT molecular complexity index is 381. The van der Waals surface area contributed by atoms with E-state index in [0.29, 0.717) is 6.04 Å². The second kappa shape index (κ2) is 4.95. The Balaban J connectivity index is 2.08. The predicted molar refractivity (Wildman–Crippen MR) is 80.5 cm³/mol. The van der Waals surface area contributed by atoms with Crippen molar-refractivity contribution in [1.82, 2.24) is 10.2 Å². The van der Waals surface area contributed by atoms with E-state index in [4.69, 9.17) is 0 Å². The minimum atomic E-state index is 0.234. The van der Waals surface area contributed by atoms with Crippen LogP contribution in [0.3, 0.4) is 0 Å². The van der Waals surface area contributed by atoms with E-state index in [9.17, 15) is 0 Å².